The van der Waals surface area contributed by atoms with Crippen LogP contribution in [0.1, 0.15) is 0 Å². The largest absolute Gasteiger partial charge is 2.00 e. The van der Waals surface area contributed by atoms with Crippen molar-refractivity contribution >= 4 is 29.2 Å². The van der Waals surface area contributed by atoms with Crippen LogP contribution in [0.2, 0.25) is 0 Å². The molecular formula is CH2MgO5+2. The van der Waals surface area contributed by atoms with E-state index in [9.17, 15) is 4.79 Å². The van der Waals surface area contributed by atoms with Crippen LogP contribution in [-0.2, 0) is 9.78 Å². The van der Waals surface area contributed by atoms with Crippen molar-refractivity contribution in [2.75, 3.05) is 0 Å². The third kappa shape index (κ3) is 5.96. The molecule has 0 saturated heterocycles. The molecule has 0 aromatic heterocycles. The Morgan fingerprint density at radius 1 is 1.29 bits per heavy atom. The zero-order chi connectivity index (χ0) is 4.99. The van der Waals surface area contributed by atoms with Crippen LogP contribution in [0.3, 0.4) is 0 Å². The van der Waals surface area contributed by atoms with Crippen molar-refractivity contribution < 1.29 is 25.1 Å². The molecular weight excluding hydrogens is 116 g/mol. The van der Waals surface area contributed by atoms with Gasteiger partial charge in [0.15, 0.2) is 0 Å². The molecule has 0 aromatic carbocycles. The first-order valence-electron chi connectivity index (χ1n) is 0.978. The minimum absolute atomic E-state index is 0. The van der Waals surface area contributed by atoms with Gasteiger partial charge in [0, 0.05) is 0 Å². The van der Waals surface area contributed by atoms with Crippen LogP contribution in [0, 0.1) is 0 Å². The van der Waals surface area contributed by atoms with Crippen molar-refractivity contribution in [1.29, 1.82) is 0 Å². The Kier molecular flexibility index (Phi) is 8.55. The van der Waals surface area contributed by atoms with Crippen LogP contribution in [0.25, 0.3) is 0 Å². The average Bonchev–Trinajstić information content (AvgIpc) is 1.65. The number of carbonyl (C=O) groups is 1. The number of hydrogen-bond acceptors (Lipinski definition) is 5. The van der Waals surface area contributed by atoms with E-state index in [1.807, 2.05) is 0 Å². The fourth-order valence-corrected chi connectivity index (χ4v) is 0.0167. The minimum atomic E-state index is -1.55. The average molecular weight is 118 g/mol. The Bertz CT molecular complexity index is 46.0. The summed E-state index contributed by atoms with van der Waals surface area (Å²) in [5.41, 5.74) is 0. The molecule has 0 rings (SSSR count). The van der Waals surface area contributed by atoms with E-state index in [1.54, 1.807) is 0 Å². The molecule has 7 heavy (non-hydrogen) atoms. The topological polar surface area (TPSA) is 76.0 Å². The number of rotatable bonds is 0. The van der Waals surface area contributed by atoms with Crippen LogP contribution < -0.4 is 0 Å². The fraction of sp³-hybridized carbons (Fsp3) is 0. The monoisotopic (exact) mass is 118 g/mol. The van der Waals surface area contributed by atoms with Gasteiger partial charge in [0.2, 0.25) is 0 Å². The second kappa shape index (κ2) is 5.96. The maximum absolute atomic E-state index is 9.24. The maximum atomic E-state index is 9.24. The normalized spacial score (nSPS) is 6.00. The Hall–Kier alpha value is -0.0438. The molecule has 6 heteroatoms. The third-order valence-electron chi connectivity index (χ3n) is 0.149. The Balaban J connectivity index is 0. The molecule has 0 fully saturated rings. The summed E-state index contributed by atoms with van der Waals surface area (Å²) in [7, 11) is 0. The van der Waals surface area contributed by atoms with Crippen molar-refractivity contribution in [2.24, 2.45) is 0 Å². The van der Waals surface area contributed by atoms with Gasteiger partial charge in [-0.05, 0) is 0 Å². The van der Waals surface area contributed by atoms with Gasteiger partial charge in [-0.3, -0.25) is 9.78 Å². The van der Waals surface area contributed by atoms with Gasteiger partial charge in [-0.2, -0.15) is 15.3 Å². The summed E-state index contributed by atoms with van der Waals surface area (Å²) < 4.78 is 0. The Labute approximate surface area is 54.8 Å². The molecule has 0 radical (unpaired) electrons. The van der Waals surface area contributed by atoms with E-state index in [0.717, 1.165) is 0 Å². The van der Waals surface area contributed by atoms with E-state index >= 15 is 0 Å². The zero-order valence-electron chi connectivity index (χ0n) is 3.33. The van der Waals surface area contributed by atoms with Crippen LogP contribution in [0.4, 0.5) is 4.79 Å². The molecule has 0 aliphatic rings. The molecule has 0 aliphatic heterocycles. The molecule has 0 aromatic rings. The number of carbonyl (C=O) groups excluding carboxylic acids is 1. The van der Waals surface area contributed by atoms with Gasteiger partial charge < -0.3 is 0 Å². The molecule has 2 N–H and O–H groups in total. The maximum Gasteiger partial charge on any atom is 2.00 e. The Morgan fingerprint density at radius 3 is 1.57 bits per heavy atom. The van der Waals surface area contributed by atoms with Gasteiger partial charge in [0.25, 0.3) is 0 Å². The molecule has 0 atom stereocenters. The summed E-state index contributed by atoms with van der Waals surface area (Å²) in [5.74, 6) is 0. The minimum Gasteiger partial charge on any atom is -0.260 e. The second-order valence-corrected chi connectivity index (χ2v) is 0.433. The summed E-state index contributed by atoms with van der Waals surface area (Å²) in [4.78, 5) is 14.8. The molecule has 0 unspecified atom stereocenters. The predicted octanol–water partition coefficient (Wildman–Crippen LogP) is -0.295. The van der Waals surface area contributed by atoms with Crippen molar-refractivity contribution in [3.05, 3.63) is 0 Å². The van der Waals surface area contributed by atoms with Crippen LogP contribution in [0.15, 0.2) is 0 Å². The van der Waals surface area contributed by atoms with Crippen LogP contribution in [0.5, 0.6) is 0 Å². The summed E-state index contributed by atoms with van der Waals surface area (Å²) in [6.07, 6.45) is -1.55. The summed E-state index contributed by atoms with van der Waals surface area (Å²) in [5, 5.41) is 14.4. The van der Waals surface area contributed by atoms with E-state index in [0.29, 0.717) is 0 Å². The van der Waals surface area contributed by atoms with Crippen molar-refractivity contribution in [3.63, 3.8) is 0 Å². The van der Waals surface area contributed by atoms with Gasteiger partial charge >= 0.3 is 29.2 Å². The van der Waals surface area contributed by atoms with Crippen LogP contribution in [-0.4, -0.2) is 39.7 Å². The van der Waals surface area contributed by atoms with E-state index in [4.69, 9.17) is 10.5 Å². The molecule has 0 spiro atoms. The van der Waals surface area contributed by atoms with E-state index in [1.165, 1.54) is 0 Å². The van der Waals surface area contributed by atoms with Crippen molar-refractivity contribution in [3.8, 4) is 0 Å². The third-order valence-corrected chi connectivity index (χ3v) is 0.149. The summed E-state index contributed by atoms with van der Waals surface area (Å²) in [6, 6.07) is 0. The second-order valence-electron chi connectivity index (χ2n) is 0.433. The molecule has 0 heterocycles. The van der Waals surface area contributed by atoms with E-state index in [-0.39, 0.29) is 23.1 Å². The molecule has 36 valence electrons. The smallest absolute Gasteiger partial charge is 0.260 e. The summed E-state index contributed by atoms with van der Waals surface area (Å²) >= 11 is 0. The first kappa shape index (κ1) is 10.0. The Morgan fingerprint density at radius 2 is 1.57 bits per heavy atom. The molecule has 0 saturated carbocycles. The molecule has 0 amide bonds. The zero-order valence-corrected chi connectivity index (χ0v) is 4.74. The van der Waals surface area contributed by atoms with E-state index < -0.39 is 6.16 Å². The van der Waals surface area contributed by atoms with Gasteiger partial charge in [-0.1, -0.05) is 0 Å². The molecule has 0 bridgehead atoms. The first-order valence-corrected chi connectivity index (χ1v) is 0.978. The predicted molar refractivity (Wildman–Crippen MR) is 18.6 cm³/mol. The SMILES string of the molecule is O=C(OO)OO.[Mg+2]. The molecule has 5 nitrogen and oxygen atoms in total. The van der Waals surface area contributed by atoms with E-state index in [2.05, 4.69) is 9.78 Å². The number of hydrogen-bond donors (Lipinski definition) is 2. The van der Waals surface area contributed by atoms with Gasteiger partial charge in [-0.25, -0.2) is 0 Å². The quantitative estimate of drug-likeness (QED) is 0.259. The molecule has 0 aliphatic carbocycles. The van der Waals surface area contributed by atoms with Crippen molar-refractivity contribution in [2.45, 2.75) is 0 Å². The van der Waals surface area contributed by atoms with Crippen LogP contribution >= 0.6 is 0 Å². The standard InChI is InChI=1S/CH2O5.Mg/c2-1(5-3)6-4;/h3-4H;/q;+2. The van der Waals surface area contributed by atoms with Gasteiger partial charge in [0.1, 0.15) is 0 Å². The van der Waals surface area contributed by atoms with Gasteiger partial charge in [-0.15, -0.1) is 0 Å². The first-order chi connectivity index (χ1) is 2.81. The fourth-order valence-electron chi connectivity index (χ4n) is 0.0167. The van der Waals surface area contributed by atoms with Gasteiger partial charge in [0.05, 0.1) is 0 Å². The summed E-state index contributed by atoms with van der Waals surface area (Å²) in [6.45, 7) is 0. The van der Waals surface area contributed by atoms with Crippen molar-refractivity contribution in [1.82, 2.24) is 0 Å².